The number of benzene rings is 3. The van der Waals surface area contributed by atoms with Gasteiger partial charge in [0.15, 0.2) is 13.9 Å². The number of carbonyl (C=O) groups is 2. The van der Waals surface area contributed by atoms with Gasteiger partial charge >= 0.3 is 0 Å². The van der Waals surface area contributed by atoms with Crippen LogP contribution in [0.5, 0.6) is 0 Å². The summed E-state index contributed by atoms with van der Waals surface area (Å²) in [4.78, 5) is 42.8. The molecule has 222 valence electrons. The Balaban J connectivity index is 1.29. The van der Waals surface area contributed by atoms with Crippen LogP contribution in [0.25, 0.3) is 10.8 Å². The van der Waals surface area contributed by atoms with E-state index in [9.17, 15) is 19.5 Å². The third kappa shape index (κ3) is 4.02. The van der Waals surface area contributed by atoms with Crippen molar-refractivity contribution in [3.63, 3.8) is 0 Å². The largest absolute Gasteiger partial charge is 0.432 e. The zero-order valence-corrected chi connectivity index (χ0v) is 25.7. The van der Waals surface area contributed by atoms with Gasteiger partial charge in [-0.3, -0.25) is 19.2 Å². The number of fused-ring (bicyclic) bond motifs is 2. The first-order chi connectivity index (χ1) is 20.6. The molecule has 3 aliphatic rings. The summed E-state index contributed by atoms with van der Waals surface area (Å²) >= 11 is 0. The standard InChI is InChI=1S/C32H35N5O5Si/c1-19-29(43(3,4)41)27(13-15-36-18-21(14-16-38)33-34-36)42-32(19)24-17-22(11-12-25(24)35(2)31(32)40)37-26-10-6-8-20-7-5-9-23(28(20)26)30(37)39/h5-12,17-19,27,29,38,41H,13-16H2,1-4H3/t19-,27+,29-,32+/m0/s1. The zero-order chi connectivity index (χ0) is 30.3. The van der Waals surface area contributed by atoms with Crippen LogP contribution in [-0.4, -0.2) is 64.8 Å². The van der Waals surface area contributed by atoms with E-state index in [4.69, 9.17) is 4.74 Å². The molecule has 3 aromatic carbocycles. The molecule has 4 atom stereocenters. The Hall–Kier alpha value is -3.90. The van der Waals surface area contributed by atoms with Gasteiger partial charge < -0.3 is 19.5 Å². The highest BCUT2D eigenvalue weighted by molar-refractivity contribution is 6.71. The van der Waals surface area contributed by atoms with E-state index in [2.05, 4.69) is 10.3 Å². The summed E-state index contributed by atoms with van der Waals surface area (Å²) in [5.74, 6) is -0.583. The molecule has 1 spiro atoms. The second kappa shape index (κ2) is 9.81. The number of aliphatic hydroxyl groups excluding tert-OH is 1. The molecule has 4 heterocycles. The first kappa shape index (κ1) is 27.9. The molecule has 0 unspecified atom stereocenters. The van der Waals surface area contributed by atoms with Crippen molar-refractivity contribution in [2.75, 3.05) is 23.5 Å². The number of aryl methyl sites for hydroxylation is 1. The van der Waals surface area contributed by atoms with E-state index in [0.717, 1.165) is 27.7 Å². The Morgan fingerprint density at radius 3 is 2.58 bits per heavy atom. The van der Waals surface area contributed by atoms with Gasteiger partial charge in [0.1, 0.15) is 0 Å². The molecule has 1 saturated heterocycles. The van der Waals surface area contributed by atoms with Gasteiger partial charge in [0.2, 0.25) is 0 Å². The Morgan fingerprint density at radius 2 is 1.84 bits per heavy atom. The number of rotatable bonds is 7. The lowest BCUT2D eigenvalue weighted by atomic mass is 9.82. The van der Waals surface area contributed by atoms with Gasteiger partial charge in [0.05, 0.1) is 28.7 Å². The number of ether oxygens (including phenoxy) is 1. The second-order valence-corrected chi connectivity index (χ2v) is 16.5. The molecule has 7 rings (SSSR count). The summed E-state index contributed by atoms with van der Waals surface area (Å²) in [5, 5.41) is 19.5. The molecule has 4 aromatic rings. The quantitative estimate of drug-likeness (QED) is 0.308. The Morgan fingerprint density at radius 1 is 1.07 bits per heavy atom. The van der Waals surface area contributed by atoms with Crippen molar-refractivity contribution in [2.24, 2.45) is 5.92 Å². The number of hydrogen-bond donors (Lipinski definition) is 2. The topological polar surface area (TPSA) is 121 Å². The van der Waals surface area contributed by atoms with Crippen molar-refractivity contribution in [3.05, 3.63) is 77.6 Å². The lowest BCUT2D eigenvalue weighted by Gasteiger charge is -2.32. The molecule has 0 radical (unpaired) electrons. The number of likely N-dealkylation sites (N-methyl/N-ethyl adjacent to an activating group) is 1. The van der Waals surface area contributed by atoms with E-state index < -0.39 is 20.0 Å². The van der Waals surface area contributed by atoms with Crippen LogP contribution in [0.15, 0.2) is 60.8 Å². The predicted molar refractivity (Wildman–Crippen MR) is 165 cm³/mol. The van der Waals surface area contributed by atoms with E-state index in [0.29, 0.717) is 36.3 Å². The monoisotopic (exact) mass is 597 g/mol. The fourth-order valence-corrected chi connectivity index (χ4v) is 10.3. The van der Waals surface area contributed by atoms with Crippen molar-refractivity contribution in [1.29, 1.82) is 0 Å². The van der Waals surface area contributed by atoms with E-state index in [1.165, 1.54) is 0 Å². The third-order valence-corrected chi connectivity index (χ3v) is 12.0. The van der Waals surface area contributed by atoms with Crippen LogP contribution < -0.4 is 9.80 Å². The van der Waals surface area contributed by atoms with Crippen molar-refractivity contribution in [3.8, 4) is 0 Å². The van der Waals surface area contributed by atoms with Crippen LogP contribution >= 0.6 is 0 Å². The summed E-state index contributed by atoms with van der Waals surface area (Å²) in [5.41, 5.74) is 2.79. The molecule has 0 bridgehead atoms. The van der Waals surface area contributed by atoms with E-state index in [-0.39, 0.29) is 29.9 Å². The number of amides is 2. The van der Waals surface area contributed by atoms with Crippen molar-refractivity contribution < 1.29 is 24.2 Å². The van der Waals surface area contributed by atoms with Crippen molar-refractivity contribution in [1.82, 2.24) is 15.0 Å². The maximum absolute atomic E-state index is 14.2. The van der Waals surface area contributed by atoms with Crippen molar-refractivity contribution in [2.45, 2.75) is 56.7 Å². The van der Waals surface area contributed by atoms with Crippen LogP contribution in [0.3, 0.4) is 0 Å². The normalized spacial score (nSPS) is 24.7. The molecule has 0 aliphatic carbocycles. The third-order valence-electron chi connectivity index (χ3n) is 9.51. The average molecular weight is 598 g/mol. The minimum absolute atomic E-state index is 0.00186. The van der Waals surface area contributed by atoms with Gasteiger partial charge in [0.25, 0.3) is 11.8 Å². The molecule has 11 heteroatoms. The fraction of sp³-hybridized carbons (Fsp3) is 0.375. The van der Waals surface area contributed by atoms with Crippen LogP contribution in [0.4, 0.5) is 17.1 Å². The zero-order valence-electron chi connectivity index (χ0n) is 24.7. The molecule has 2 N–H and O–H groups in total. The van der Waals surface area contributed by atoms with Gasteiger partial charge in [-0.05, 0) is 55.2 Å². The summed E-state index contributed by atoms with van der Waals surface area (Å²) < 4.78 is 8.61. The highest BCUT2D eigenvalue weighted by Gasteiger charge is 2.65. The molecular weight excluding hydrogens is 562 g/mol. The summed E-state index contributed by atoms with van der Waals surface area (Å²) in [7, 11) is -1.07. The fourth-order valence-electron chi connectivity index (χ4n) is 7.69. The second-order valence-electron chi connectivity index (χ2n) is 12.5. The van der Waals surface area contributed by atoms with Crippen LogP contribution in [0.2, 0.25) is 18.6 Å². The predicted octanol–water partition coefficient (Wildman–Crippen LogP) is 4.12. The lowest BCUT2D eigenvalue weighted by Crippen LogP contribution is -2.45. The van der Waals surface area contributed by atoms with Gasteiger partial charge in [-0.1, -0.05) is 36.4 Å². The summed E-state index contributed by atoms with van der Waals surface area (Å²) in [6.07, 6.45) is 2.37. The lowest BCUT2D eigenvalue weighted by molar-refractivity contribution is -0.145. The summed E-state index contributed by atoms with van der Waals surface area (Å²) in [6.45, 7) is 6.31. The first-order valence-corrected chi connectivity index (χ1v) is 17.8. The molecule has 1 fully saturated rings. The van der Waals surface area contributed by atoms with Crippen LogP contribution in [0, 0.1) is 5.92 Å². The highest BCUT2D eigenvalue weighted by Crippen LogP contribution is 2.60. The van der Waals surface area contributed by atoms with Crippen LogP contribution in [-0.2, 0) is 28.1 Å². The van der Waals surface area contributed by atoms with E-state index in [1.54, 1.807) is 21.5 Å². The molecule has 3 aliphatic heterocycles. The molecule has 43 heavy (non-hydrogen) atoms. The Labute approximate surface area is 250 Å². The number of carbonyl (C=O) groups excluding carboxylic acids is 2. The number of nitrogens with zero attached hydrogens (tertiary/aromatic N) is 5. The molecule has 0 saturated carbocycles. The maximum Gasteiger partial charge on any atom is 0.264 e. The number of aromatic nitrogens is 3. The van der Waals surface area contributed by atoms with Crippen molar-refractivity contribution >= 4 is 48.0 Å². The highest BCUT2D eigenvalue weighted by atomic mass is 28.4. The van der Waals surface area contributed by atoms with Gasteiger partial charge in [-0.25, -0.2) is 0 Å². The minimum Gasteiger partial charge on any atom is -0.432 e. The molecule has 10 nitrogen and oxygen atoms in total. The maximum atomic E-state index is 14.2. The van der Waals surface area contributed by atoms with Gasteiger partial charge in [-0.15, -0.1) is 5.10 Å². The number of hydrogen-bond acceptors (Lipinski definition) is 7. The Kier molecular flexibility index (Phi) is 6.37. The SMILES string of the molecule is C[C@H]1[C@H]([Si](C)(C)O)[C@@H](CCn2cc(CCO)nn2)O[C@]12C(=O)N(C)c1ccc(N3C(=O)c4cccc5cccc3c45)cc12. The molecule has 1 aromatic heterocycles. The summed E-state index contributed by atoms with van der Waals surface area (Å²) in [6, 6.07) is 17.4. The number of aliphatic hydroxyl groups is 1. The molecular formula is C32H35N5O5Si. The van der Waals surface area contributed by atoms with Gasteiger partial charge in [0, 0.05) is 60.9 Å². The smallest absolute Gasteiger partial charge is 0.264 e. The van der Waals surface area contributed by atoms with E-state index >= 15 is 0 Å². The average Bonchev–Trinajstić information content (AvgIpc) is 3.69. The van der Waals surface area contributed by atoms with Crippen LogP contribution in [0.1, 0.15) is 35.0 Å². The minimum atomic E-state index is -2.83. The molecule has 2 amide bonds. The van der Waals surface area contributed by atoms with Gasteiger partial charge in [-0.2, -0.15) is 0 Å². The Bertz CT molecular complexity index is 1780. The van der Waals surface area contributed by atoms with E-state index in [1.807, 2.05) is 80.8 Å². The number of anilines is 3. The first-order valence-electron chi connectivity index (χ1n) is 14.7.